The van der Waals surface area contributed by atoms with Gasteiger partial charge in [0, 0.05) is 35.3 Å². The number of benzene rings is 1. The van der Waals surface area contributed by atoms with E-state index in [9.17, 15) is 0 Å². The van der Waals surface area contributed by atoms with E-state index in [2.05, 4.69) is 5.32 Å². The zero-order valence-corrected chi connectivity index (χ0v) is 12.2. The van der Waals surface area contributed by atoms with E-state index >= 15 is 0 Å². The molecule has 0 fully saturated rings. The molecule has 0 aliphatic carbocycles. The Hall–Kier alpha value is -0.320. The Morgan fingerprint density at radius 3 is 2.56 bits per heavy atom. The average Bonchev–Trinajstić information content (AvgIpc) is 2.37. The molecule has 5 heteroatoms. The molecule has 102 valence electrons. The lowest BCUT2D eigenvalue weighted by molar-refractivity contribution is 0.201. The molecule has 0 spiro atoms. The summed E-state index contributed by atoms with van der Waals surface area (Å²) >= 11 is 12.1. The largest absolute Gasteiger partial charge is 0.396 e. The molecular weight excluding hydrogens is 271 g/mol. The van der Waals surface area contributed by atoms with Gasteiger partial charge in [-0.3, -0.25) is 0 Å². The van der Waals surface area contributed by atoms with E-state index in [1.807, 2.05) is 19.9 Å². The molecule has 0 aliphatic heterocycles. The second-order valence-corrected chi connectivity index (χ2v) is 5.41. The van der Waals surface area contributed by atoms with Crippen LogP contribution in [0.5, 0.6) is 0 Å². The number of nitrogens with one attached hydrogen (secondary N) is 1. The normalized spacial score (nSPS) is 16.3. The van der Waals surface area contributed by atoms with Crippen LogP contribution in [0.25, 0.3) is 0 Å². The highest BCUT2D eigenvalue weighted by Gasteiger charge is 2.19. The number of nitrogens with two attached hydrogens (primary N) is 1. The maximum Gasteiger partial charge on any atom is 0.0471 e. The van der Waals surface area contributed by atoms with Gasteiger partial charge < -0.3 is 16.2 Å². The number of hydrogen-bond acceptors (Lipinski definition) is 3. The molecule has 4 N–H and O–H groups in total. The zero-order chi connectivity index (χ0) is 13.7. The van der Waals surface area contributed by atoms with Crippen LogP contribution < -0.4 is 11.1 Å². The van der Waals surface area contributed by atoms with E-state index in [1.54, 1.807) is 12.1 Å². The summed E-state index contributed by atoms with van der Waals surface area (Å²) in [5.74, 6) is 0.150. The van der Waals surface area contributed by atoms with Crippen LogP contribution in [0.1, 0.15) is 25.5 Å². The Bertz CT molecular complexity index is 387. The summed E-state index contributed by atoms with van der Waals surface area (Å²) in [5, 5.41) is 13.8. The van der Waals surface area contributed by atoms with Crippen molar-refractivity contribution in [2.24, 2.45) is 11.7 Å². The fraction of sp³-hybridized carbons (Fsp3) is 0.538. The van der Waals surface area contributed by atoms with Crippen molar-refractivity contribution in [3.05, 3.63) is 33.8 Å². The molecule has 1 aromatic rings. The minimum atomic E-state index is -0.0693. The van der Waals surface area contributed by atoms with Crippen molar-refractivity contribution in [2.45, 2.75) is 25.9 Å². The van der Waals surface area contributed by atoms with E-state index in [-0.39, 0.29) is 24.6 Å². The number of aliphatic hydroxyl groups is 1. The zero-order valence-electron chi connectivity index (χ0n) is 10.7. The molecule has 3 nitrogen and oxygen atoms in total. The SMILES string of the molecule is CC(CO)C(C)NC(CN)c1cc(Cl)ccc1Cl. The maximum atomic E-state index is 9.14. The third-order valence-corrected chi connectivity index (χ3v) is 3.75. The van der Waals surface area contributed by atoms with E-state index in [0.29, 0.717) is 16.6 Å². The summed E-state index contributed by atoms with van der Waals surface area (Å²) in [6.07, 6.45) is 0. The molecule has 1 rings (SSSR count). The van der Waals surface area contributed by atoms with Gasteiger partial charge in [-0.2, -0.15) is 0 Å². The summed E-state index contributed by atoms with van der Waals surface area (Å²) in [6.45, 7) is 4.55. The van der Waals surface area contributed by atoms with Gasteiger partial charge in [-0.05, 0) is 36.6 Å². The topological polar surface area (TPSA) is 58.3 Å². The van der Waals surface area contributed by atoms with Gasteiger partial charge in [0.1, 0.15) is 0 Å². The predicted octanol–water partition coefficient (Wildman–Crippen LogP) is 2.60. The van der Waals surface area contributed by atoms with Crippen molar-refractivity contribution in [3.8, 4) is 0 Å². The van der Waals surface area contributed by atoms with Crippen molar-refractivity contribution < 1.29 is 5.11 Å². The first-order valence-corrected chi connectivity index (χ1v) is 6.77. The second kappa shape index (κ2) is 7.31. The van der Waals surface area contributed by atoms with Crippen LogP contribution in [-0.4, -0.2) is 24.3 Å². The smallest absolute Gasteiger partial charge is 0.0471 e. The van der Waals surface area contributed by atoms with Gasteiger partial charge >= 0.3 is 0 Å². The first kappa shape index (κ1) is 15.7. The molecule has 3 unspecified atom stereocenters. The highest BCUT2D eigenvalue weighted by Crippen LogP contribution is 2.26. The van der Waals surface area contributed by atoms with E-state index in [1.165, 1.54) is 0 Å². The maximum absolute atomic E-state index is 9.14. The standard InChI is InChI=1S/C13H20Cl2N2O/c1-8(7-18)9(2)17-13(6-16)11-5-10(14)3-4-12(11)15/h3-5,8-9,13,17-18H,6-7,16H2,1-2H3. The Balaban J connectivity index is 2.86. The van der Waals surface area contributed by atoms with Gasteiger partial charge in [-0.15, -0.1) is 0 Å². The van der Waals surface area contributed by atoms with Crippen LogP contribution in [0.4, 0.5) is 0 Å². The van der Waals surface area contributed by atoms with Crippen LogP contribution in [0, 0.1) is 5.92 Å². The molecule has 18 heavy (non-hydrogen) atoms. The van der Waals surface area contributed by atoms with Crippen LogP contribution in [-0.2, 0) is 0 Å². The van der Waals surface area contributed by atoms with Crippen molar-refractivity contribution >= 4 is 23.2 Å². The first-order chi connectivity index (χ1) is 8.49. The lowest BCUT2D eigenvalue weighted by Gasteiger charge is -2.26. The average molecular weight is 291 g/mol. The number of rotatable bonds is 6. The first-order valence-electron chi connectivity index (χ1n) is 6.01. The molecule has 0 saturated heterocycles. The quantitative estimate of drug-likeness (QED) is 0.755. The summed E-state index contributed by atoms with van der Waals surface area (Å²) in [4.78, 5) is 0. The minimum Gasteiger partial charge on any atom is -0.396 e. The number of halogens is 2. The van der Waals surface area contributed by atoms with Crippen molar-refractivity contribution in [2.75, 3.05) is 13.2 Å². The fourth-order valence-corrected chi connectivity index (χ4v) is 2.14. The van der Waals surface area contributed by atoms with Crippen LogP contribution in [0.15, 0.2) is 18.2 Å². The van der Waals surface area contributed by atoms with E-state index in [4.69, 9.17) is 34.0 Å². The Morgan fingerprint density at radius 1 is 1.33 bits per heavy atom. The highest BCUT2D eigenvalue weighted by molar-refractivity contribution is 6.33. The molecule has 0 aromatic heterocycles. The van der Waals surface area contributed by atoms with Gasteiger partial charge in [0.15, 0.2) is 0 Å². The molecule has 0 radical (unpaired) electrons. The van der Waals surface area contributed by atoms with Gasteiger partial charge in [0.2, 0.25) is 0 Å². The Labute approximate surface area is 118 Å². The number of hydrogen-bond donors (Lipinski definition) is 3. The van der Waals surface area contributed by atoms with Gasteiger partial charge in [0.05, 0.1) is 0 Å². The van der Waals surface area contributed by atoms with Crippen LogP contribution in [0.3, 0.4) is 0 Å². The van der Waals surface area contributed by atoms with Crippen molar-refractivity contribution in [3.63, 3.8) is 0 Å². The third-order valence-electron chi connectivity index (χ3n) is 3.17. The molecule has 0 bridgehead atoms. The summed E-state index contributed by atoms with van der Waals surface area (Å²) in [6, 6.07) is 5.41. The molecule has 0 saturated carbocycles. The number of aliphatic hydroxyl groups excluding tert-OH is 1. The molecule has 0 aliphatic rings. The molecule has 0 heterocycles. The second-order valence-electron chi connectivity index (χ2n) is 4.57. The predicted molar refractivity (Wildman–Crippen MR) is 77.1 cm³/mol. The summed E-state index contributed by atoms with van der Waals surface area (Å²) in [5.41, 5.74) is 6.68. The van der Waals surface area contributed by atoms with Crippen molar-refractivity contribution in [1.29, 1.82) is 0 Å². The van der Waals surface area contributed by atoms with E-state index in [0.717, 1.165) is 5.56 Å². The molecular formula is C13H20Cl2N2O. The van der Waals surface area contributed by atoms with Crippen LogP contribution >= 0.6 is 23.2 Å². The van der Waals surface area contributed by atoms with Gasteiger partial charge in [0.25, 0.3) is 0 Å². The Kier molecular flexibility index (Phi) is 6.39. The lowest BCUT2D eigenvalue weighted by atomic mass is 10.0. The monoisotopic (exact) mass is 290 g/mol. The molecule has 3 atom stereocenters. The molecule has 1 aromatic carbocycles. The van der Waals surface area contributed by atoms with Gasteiger partial charge in [-0.25, -0.2) is 0 Å². The van der Waals surface area contributed by atoms with Crippen molar-refractivity contribution in [1.82, 2.24) is 5.32 Å². The van der Waals surface area contributed by atoms with Gasteiger partial charge in [-0.1, -0.05) is 30.1 Å². The van der Waals surface area contributed by atoms with Crippen LogP contribution in [0.2, 0.25) is 10.0 Å². The minimum absolute atomic E-state index is 0.0693. The summed E-state index contributed by atoms with van der Waals surface area (Å²) < 4.78 is 0. The molecule has 0 amide bonds. The summed E-state index contributed by atoms with van der Waals surface area (Å²) in [7, 11) is 0. The fourth-order valence-electron chi connectivity index (χ4n) is 1.71. The highest BCUT2D eigenvalue weighted by atomic mass is 35.5. The Morgan fingerprint density at radius 2 is 2.00 bits per heavy atom. The third kappa shape index (κ3) is 4.11. The van der Waals surface area contributed by atoms with E-state index < -0.39 is 0 Å². The lowest BCUT2D eigenvalue weighted by Crippen LogP contribution is -2.39.